The van der Waals surface area contributed by atoms with E-state index in [1.54, 1.807) is 0 Å². The first-order valence-electron chi connectivity index (χ1n) is 4.73. The van der Waals surface area contributed by atoms with E-state index in [9.17, 15) is 4.79 Å². The lowest BCUT2D eigenvalue weighted by atomic mass is 9.86. The lowest BCUT2D eigenvalue weighted by Gasteiger charge is -2.19. The zero-order valence-electron chi connectivity index (χ0n) is 7.82. The number of esters is 1. The van der Waals surface area contributed by atoms with Crippen molar-refractivity contribution >= 4 is 5.97 Å². The molecular formula is C11H14O2. The summed E-state index contributed by atoms with van der Waals surface area (Å²) in [5.74, 6) is 1.12. The summed E-state index contributed by atoms with van der Waals surface area (Å²) >= 11 is 0. The van der Waals surface area contributed by atoms with Gasteiger partial charge >= 0.3 is 5.97 Å². The van der Waals surface area contributed by atoms with Crippen molar-refractivity contribution in [2.24, 2.45) is 11.8 Å². The van der Waals surface area contributed by atoms with Gasteiger partial charge in [0.25, 0.3) is 0 Å². The fourth-order valence-corrected chi connectivity index (χ4v) is 2.12. The van der Waals surface area contributed by atoms with Crippen molar-refractivity contribution in [3.8, 4) is 0 Å². The molecule has 0 unspecified atom stereocenters. The number of ether oxygens (including phenoxy) is 1. The van der Waals surface area contributed by atoms with Crippen molar-refractivity contribution in [2.45, 2.75) is 19.3 Å². The highest BCUT2D eigenvalue weighted by Gasteiger charge is 2.26. The highest BCUT2D eigenvalue weighted by atomic mass is 16.5. The molecule has 0 amide bonds. The molecule has 0 fully saturated rings. The third-order valence-electron chi connectivity index (χ3n) is 2.91. The monoisotopic (exact) mass is 178 g/mol. The van der Waals surface area contributed by atoms with Crippen molar-refractivity contribution in [2.75, 3.05) is 7.11 Å². The molecule has 2 aliphatic rings. The van der Waals surface area contributed by atoms with Crippen molar-refractivity contribution in [3.05, 3.63) is 23.8 Å². The number of allylic oxidation sites excluding steroid dienone is 3. The summed E-state index contributed by atoms with van der Waals surface area (Å²) in [5, 5.41) is 0. The second kappa shape index (κ2) is 3.36. The van der Waals surface area contributed by atoms with E-state index in [0.29, 0.717) is 12.3 Å². The van der Waals surface area contributed by atoms with Gasteiger partial charge in [-0.2, -0.15) is 0 Å². The molecule has 2 bridgehead atoms. The fraction of sp³-hybridized carbons (Fsp3) is 0.545. The quantitative estimate of drug-likeness (QED) is 0.478. The molecule has 0 radical (unpaired) electrons. The zero-order chi connectivity index (χ0) is 9.26. The fourth-order valence-electron chi connectivity index (χ4n) is 2.12. The molecule has 13 heavy (non-hydrogen) atoms. The van der Waals surface area contributed by atoms with E-state index in [1.165, 1.54) is 19.1 Å². The van der Waals surface area contributed by atoms with E-state index >= 15 is 0 Å². The highest BCUT2D eigenvalue weighted by molar-refractivity contribution is 5.72. The van der Waals surface area contributed by atoms with Crippen LogP contribution >= 0.6 is 0 Å². The molecule has 2 nitrogen and oxygen atoms in total. The molecule has 0 aromatic heterocycles. The molecule has 0 N–H and O–H groups in total. The van der Waals surface area contributed by atoms with Gasteiger partial charge in [-0.05, 0) is 24.7 Å². The number of methoxy groups -OCH3 is 1. The summed E-state index contributed by atoms with van der Waals surface area (Å²) in [4.78, 5) is 11.1. The summed E-state index contributed by atoms with van der Waals surface area (Å²) < 4.78 is 4.66. The van der Waals surface area contributed by atoms with Crippen LogP contribution in [0.15, 0.2) is 23.8 Å². The first kappa shape index (κ1) is 8.54. The molecular weight excluding hydrogens is 164 g/mol. The Labute approximate surface area is 78.3 Å². The van der Waals surface area contributed by atoms with Gasteiger partial charge in [0.15, 0.2) is 0 Å². The standard InChI is InChI=1S/C11H14O2/c1-13-11(12)7-10-5-3-8-2-4-9(10)6-8/h2,4-5,8-9H,3,6-7H2,1H3/t8-,9+/m1/s1. The van der Waals surface area contributed by atoms with Gasteiger partial charge in [-0.1, -0.05) is 23.8 Å². The van der Waals surface area contributed by atoms with Crippen LogP contribution in [-0.4, -0.2) is 13.1 Å². The summed E-state index contributed by atoms with van der Waals surface area (Å²) in [7, 11) is 1.44. The van der Waals surface area contributed by atoms with Crippen LogP contribution in [0.25, 0.3) is 0 Å². The minimum absolute atomic E-state index is 0.120. The number of carbonyl (C=O) groups is 1. The van der Waals surface area contributed by atoms with E-state index in [-0.39, 0.29) is 5.97 Å². The summed E-state index contributed by atoms with van der Waals surface area (Å²) in [6, 6.07) is 0. The number of rotatable bonds is 2. The van der Waals surface area contributed by atoms with E-state index < -0.39 is 0 Å². The van der Waals surface area contributed by atoms with Gasteiger partial charge in [0.1, 0.15) is 0 Å². The zero-order valence-corrected chi connectivity index (χ0v) is 7.82. The molecule has 2 aliphatic carbocycles. The maximum absolute atomic E-state index is 11.1. The molecule has 0 saturated carbocycles. The van der Waals surface area contributed by atoms with Crippen LogP contribution in [0.4, 0.5) is 0 Å². The lowest BCUT2D eigenvalue weighted by Crippen LogP contribution is -2.11. The number of hydrogen-bond acceptors (Lipinski definition) is 2. The second-order valence-corrected chi connectivity index (χ2v) is 3.75. The van der Waals surface area contributed by atoms with E-state index in [1.807, 2.05) is 0 Å². The van der Waals surface area contributed by atoms with Gasteiger partial charge in [-0.25, -0.2) is 0 Å². The topological polar surface area (TPSA) is 26.3 Å². The van der Waals surface area contributed by atoms with Crippen molar-refractivity contribution in [1.29, 1.82) is 0 Å². The maximum atomic E-state index is 11.1. The molecule has 2 rings (SSSR count). The average Bonchev–Trinajstić information content (AvgIpc) is 2.54. The van der Waals surface area contributed by atoms with Crippen LogP contribution in [0.1, 0.15) is 19.3 Å². The lowest BCUT2D eigenvalue weighted by molar-refractivity contribution is -0.139. The van der Waals surface area contributed by atoms with Crippen molar-refractivity contribution < 1.29 is 9.53 Å². The first-order chi connectivity index (χ1) is 6.29. The number of carbonyl (C=O) groups excluding carboxylic acids is 1. The highest BCUT2D eigenvalue weighted by Crippen LogP contribution is 2.37. The van der Waals surface area contributed by atoms with Crippen LogP contribution in [0.3, 0.4) is 0 Å². The molecule has 2 heteroatoms. The normalized spacial score (nSPS) is 30.1. The van der Waals surface area contributed by atoms with Crippen LogP contribution in [0, 0.1) is 11.8 Å². The molecule has 0 aromatic carbocycles. The molecule has 0 heterocycles. The Morgan fingerprint density at radius 2 is 2.46 bits per heavy atom. The van der Waals surface area contributed by atoms with Crippen LogP contribution in [0.5, 0.6) is 0 Å². The van der Waals surface area contributed by atoms with Gasteiger partial charge in [-0.3, -0.25) is 4.79 Å². The smallest absolute Gasteiger partial charge is 0.309 e. The van der Waals surface area contributed by atoms with Gasteiger partial charge in [-0.15, -0.1) is 0 Å². The minimum atomic E-state index is -0.120. The largest absolute Gasteiger partial charge is 0.469 e. The Morgan fingerprint density at radius 3 is 3.23 bits per heavy atom. The van der Waals surface area contributed by atoms with Gasteiger partial charge in [0, 0.05) is 0 Å². The second-order valence-electron chi connectivity index (χ2n) is 3.75. The summed E-state index contributed by atoms with van der Waals surface area (Å²) in [5.41, 5.74) is 1.25. The predicted octanol–water partition coefficient (Wildman–Crippen LogP) is 2.07. The van der Waals surface area contributed by atoms with Gasteiger partial charge < -0.3 is 4.74 Å². The third kappa shape index (κ3) is 1.67. The van der Waals surface area contributed by atoms with Crippen molar-refractivity contribution in [3.63, 3.8) is 0 Å². The molecule has 0 saturated heterocycles. The minimum Gasteiger partial charge on any atom is -0.469 e. The number of fused-ring (bicyclic) bond motifs is 2. The Morgan fingerprint density at radius 1 is 1.62 bits per heavy atom. The Balaban J connectivity index is 2.03. The molecule has 0 aliphatic heterocycles. The molecule has 2 atom stereocenters. The summed E-state index contributed by atoms with van der Waals surface area (Å²) in [6.45, 7) is 0. The van der Waals surface area contributed by atoms with Crippen LogP contribution < -0.4 is 0 Å². The summed E-state index contributed by atoms with van der Waals surface area (Å²) in [6.07, 6.45) is 9.47. The van der Waals surface area contributed by atoms with E-state index in [2.05, 4.69) is 23.0 Å². The Kier molecular flexibility index (Phi) is 2.21. The molecule has 70 valence electrons. The Hall–Kier alpha value is -1.05. The average molecular weight is 178 g/mol. The maximum Gasteiger partial charge on any atom is 0.309 e. The van der Waals surface area contributed by atoms with Gasteiger partial charge in [0.2, 0.25) is 0 Å². The number of hydrogen-bond donors (Lipinski definition) is 0. The molecule has 0 aromatic rings. The van der Waals surface area contributed by atoms with Gasteiger partial charge in [0.05, 0.1) is 13.5 Å². The van der Waals surface area contributed by atoms with Crippen LogP contribution in [-0.2, 0) is 9.53 Å². The predicted molar refractivity (Wildman–Crippen MR) is 50.1 cm³/mol. The first-order valence-corrected chi connectivity index (χ1v) is 4.73. The van der Waals surface area contributed by atoms with E-state index in [0.717, 1.165) is 12.3 Å². The third-order valence-corrected chi connectivity index (χ3v) is 2.91. The molecule has 0 spiro atoms. The van der Waals surface area contributed by atoms with Crippen molar-refractivity contribution in [1.82, 2.24) is 0 Å². The Bertz CT molecular complexity index is 276. The van der Waals surface area contributed by atoms with E-state index in [4.69, 9.17) is 0 Å². The SMILES string of the molecule is COC(=O)CC1=CC[C@H]2C=C[C@H]1C2. The van der Waals surface area contributed by atoms with Crippen LogP contribution in [0.2, 0.25) is 0 Å².